The third-order valence-corrected chi connectivity index (χ3v) is 3.14. The van der Waals surface area contributed by atoms with Gasteiger partial charge in [0.05, 0.1) is 0 Å². The molecule has 0 N–H and O–H groups in total. The van der Waals surface area contributed by atoms with E-state index >= 15 is 0 Å². The van der Waals surface area contributed by atoms with Crippen LogP contribution >= 0.6 is 0 Å². The van der Waals surface area contributed by atoms with Gasteiger partial charge in [-0.3, -0.25) is 0 Å². The van der Waals surface area contributed by atoms with Gasteiger partial charge in [0.2, 0.25) is 0 Å². The average Bonchev–Trinajstić information content (AvgIpc) is 2.42. The van der Waals surface area contributed by atoms with E-state index in [9.17, 15) is 4.39 Å². The van der Waals surface area contributed by atoms with Crippen molar-refractivity contribution >= 4 is 6.71 Å². The van der Waals surface area contributed by atoms with E-state index in [1.54, 1.807) is 12.2 Å². The minimum Gasteiger partial charge on any atom is -0.207 e. The molecule has 0 nitrogen and oxygen atoms in total. The van der Waals surface area contributed by atoms with Crippen LogP contribution in [0.2, 0.25) is 12.6 Å². The molecule has 0 aromatic rings. The van der Waals surface area contributed by atoms with Crippen LogP contribution in [0.25, 0.3) is 0 Å². The van der Waals surface area contributed by atoms with E-state index in [0.717, 1.165) is 24.5 Å². The van der Waals surface area contributed by atoms with Gasteiger partial charge in [0.25, 0.3) is 0 Å². The van der Waals surface area contributed by atoms with Crippen LogP contribution in [0.15, 0.2) is 35.6 Å². The maximum atomic E-state index is 13.5. The molecule has 0 amide bonds. The zero-order valence-electron chi connectivity index (χ0n) is 9.96. The van der Waals surface area contributed by atoms with E-state index in [0.29, 0.717) is 6.71 Å². The van der Waals surface area contributed by atoms with E-state index in [4.69, 9.17) is 0 Å². The minimum atomic E-state index is -0.0752. The summed E-state index contributed by atoms with van der Waals surface area (Å²) in [4.78, 5) is 0. The molecule has 1 unspecified atom stereocenters. The molecular formula is C13H20BF. The molecular weight excluding hydrogens is 186 g/mol. The van der Waals surface area contributed by atoms with Gasteiger partial charge >= 0.3 is 0 Å². The van der Waals surface area contributed by atoms with Crippen LogP contribution in [-0.2, 0) is 0 Å². The second kappa shape index (κ2) is 5.94. The lowest BCUT2D eigenvalue weighted by molar-refractivity contribution is 0.642. The van der Waals surface area contributed by atoms with Gasteiger partial charge in [-0.05, 0) is 24.5 Å². The highest BCUT2D eigenvalue weighted by atomic mass is 19.1. The normalized spacial score (nSPS) is 20.7. The lowest BCUT2D eigenvalue weighted by atomic mass is 9.40. The molecule has 2 heteroatoms. The van der Waals surface area contributed by atoms with Crippen molar-refractivity contribution in [2.24, 2.45) is 5.92 Å². The molecule has 15 heavy (non-hydrogen) atoms. The highest BCUT2D eigenvalue weighted by Crippen LogP contribution is 2.22. The van der Waals surface area contributed by atoms with Gasteiger partial charge in [-0.1, -0.05) is 51.0 Å². The van der Waals surface area contributed by atoms with Crippen molar-refractivity contribution < 1.29 is 4.39 Å². The third-order valence-electron chi connectivity index (χ3n) is 3.14. The highest BCUT2D eigenvalue weighted by molar-refractivity contribution is 6.67. The Morgan fingerprint density at radius 2 is 1.93 bits per heavy atom. The molecule has 0 aliphatic heterocycles. The summed E-state index contributed by atoms with van der Waals surface area (Å²) in [5.74, 6) is 0.182. The number of allylic oxidation sites excluding steroid dienone is 6. The van der Waals surface area contributed by atoms with Crippen molar-refractivity contribution in [2.45, 2.75) is 39.8 Å². The van der Waals surface area contributed by atoms with Crippen molar-refractivity contribution in [3.63, 3.8) is 0 Å². The van der Waals surface area contributed by atoms with Crippen molar-refractivity contribution in [1.29, 1.82) is 0 Å². The lowest BCUT2D eigenvalue weighted by Gasteiger charge is -2.09. The molecule has 1 aliphatic carbocycles. The molecule has 0 fully saturated rings. The first-order valence-corrected chi connectivity index (χ1v) is 5.98. The maximum absolute atomic E-state index is 13.5. The van der Waals surface area contributed by atoms with Gasteiger partial charge in [-0.15, -0.1) is 0 Å². The van der Waals surface area contributed by atoms with E-state index < -0.39 is 0 Å². The Labute approximate surface area is 93.0 Å². The number of rotatable bonds is 4. The Hall–Kier alpha value is -0.785. The molecule has 82 valence electrons. The smallest absolute Gasteiger partial charge is 0.175 e. The number of hydrogen-bond acceptors (Lipinski definition) is 0. The molecule has 0 heterocycles. The summed E-state index contributed by atoms with van der Waals surface area (Å²) in [5, 5.41) is 0. The zero-order chi connectivity index (χ0) is 11.3. The summed E-state index contributed by atoms with van der Waals surface area (Å²) in [5.41, 5.74) is 1.14. The summed E-state index contributed by atoms with van der Waals surface area (Å²) in [7, 11) is 0. The van der Waals surface area contributed by atoms with E-state index in [2.05, 4.69) is 32.9 Å². The zero-order valence-corrected chi connectivity index (χ0v) is 9.96. The van der Waals surface area contributed by atoms with Gasteiger partial charge in [0.15, 0.2) is 6.71 Å². The molecule has 0 aromatic heterocycles. The first-order valence-electron chi connectivity index (χ1n) is 5.98. The van der Waals surface area contributed by atoms with Crippen molar-refractivity contribution in [2.75, 3.05) is 0 Å². The second-order valence-electron chi connectivity index (χ2n) is 4.14. The Bertz CT molecular complexity index is 285. The molecule has 0 saturated carbocycles. The maximum Gasteiger partial charge on any atom is 0.175 e. The Balaban J connectivity index is 2.87. The molecule has 0 saturated heterocycles. The average molecular weight is 206 g/mol. The Kier molecular flexibility index (Phi) is 4.87. The van der Waals surface area contributed by atoms with Crippen LogP contribution in [0.5, 0.6) is 0 Å². The number of halogens is 1. The topological polar surface area (TPSA) is 0 Å². The molecule has 0 spiro atoms. The summed E-state index contributed by atoms with van der Waals surface area (Å²) in [6, 6.07) is 0. The quantitative estimate of drug-likeness (QED) is 0.596. The summed E-state index contributed by atoms with van der Waals surface area (Å²) in [6.07, 6.45) is 10.8. The highest BCUT2D eigenvalue weighted by Gasteiger charge is 2.15. The van der Waals surface area contributed by atoms with Gasteiger partial charge in [0.1, 0.15) is 5.83 Å². The molecule has 1 rings (SSSR count). The fourth-order valence-corrected chi connectivity index (χ4v) is 2.02. The summed E-state index contributed by atoms with van der Waals surface area (Å²) in [6.45, 7) is 6.90. The van der Waals surface area contributed by atoms with Crippen LogP contribution < -0.4 is 0 Å². The SMILES string of the molecule is CCB(CC)C1=CC(F)=CC(CC)C=C1. The van der Waals surface area contributed by atoms with Crippen LogP contribution in [0.4, 0.5) is 4.39 Å². The van der Waals surface area contributed by atoms with Gasteiger partial charge in [-0.2, -0.15) is 0 Å². The second-order valence-corrected chi connectivity index (χ2v) is 4.14. The van der Waals surface area contributed by atoms with Crippen molar-refractivity contribution in [3.05, 3.63) is 35.6 Å². The molecule has 0 aromatic carbocycles. The number of hydrogen-bond donors (Lipinski definition) is 0. The van der Waals surface area contributed by atoms with Crippen LogP contribution in [0, 0.1) is 5.92 Å². The molecule has 0 bridgehead atoms. The lowest BCUT2D eigenvalue weighted by Crippen LogP contribution is -2.12. The standard InChI is InChI=1S/C13H20BF/c1-4-11-7-8-12(10-13(15)9-11)14(5-2)6-3/h7-11H,4-6H2,1-3H3. The molecule has 1 aliphatic rings. The summed E-state index contributed by atoms with van der Waals surface area (Å²) >= 11 is 0. The molecule has 1 atom stereocenters. The Morgan fingerprint density at radius 3 is 2.47 bits per heavy atom. The van der Waals surface area contributed by atoms with Crippen LogP contribution in [0.3, 0.4) is 0 Å². The first kappa shape index (κ1) is 12.3. The fraction of sp³-hybridized carbons (Fsp3) is 0.538. The Morgan fingerprint density at radius 1 is 1.27 bits per heavy atom. The molecule has 0 radical (unpaired) electrons. The fourth-order valence-electron chi connectivity index (χ4n) is 2.02. The van der Waals surface area contributed by atoms with E-state index in [-0.39, 0.29) is 11.7 Å². The van der Waals surface area contributed by atoms with E-state index in [1.807, 2.05) is 0 Å². The van der Waals surface area contributed by atoms with Crippen LogP contribution in [0.1, 0.15) is 27.2 Å². The third kappa shape index (κ3) is 3.37. The van der Waals surface area contributed by atoms with Gasteiger partial charge in [-0.25, -0.2) is 4.39 Å². The van der Waals surface area contributed by atoms with Crippen molar-refractivity contribution in [3.8, 4) is 0 Å². The van der Waals surface area contributed by atoms with Crippen LogP contribution in [-0.4, -0.2) is 6.71 Å². The van der Waals surface area contributed by atoms with Crippen molar-refractivity contribution in [1.82, 2.24) is 0 Å². The van der Waals surface area contributed by atoms with Gasteiger partial charge in [0, 0.05) is 0 Å². The minimum absolute atomic E-state index is 0.0752. The predicted octanol–water partition coefficient (Wildman–Crippen LogP) is 4.44. The first-order chi connectivity index (χ1) is 7.21. The predicted molar refractivity (Wildman–Crippen MR) is 66.9 cm³/mol. The van der Waals surface area contributed by atoms with Gasteiger partial charge < -0.3 is 0 Å². The summed E-state index contributed by atoms with van der Waals surface area (Å²) < 4.78 is 13.5. The van der Waals surface area contributed by atoms with E-state index in [1.165, 1.54) is 0 Å². The monoisotopic (exact) mass is 206 g/mol. The largest absolute Gasteiger partial charge is 0.207 e.